The SMILES string of the molecule is CN[C@H]1C[C@H]1c1cc(O)ccc1OCC1CC1.Cl. The molecule has 0 bridgehead atoms. The summed E-state index contributed by atoms with van der Waals surface area (Å²) >= 11 is 0. The minimum Gasteiger partial charge on any atom is -0.508 e. The molecule has 0 aliphatic heterocycles. The lowest BCUT2D eigenvalue weighted by molar-refractivity contribution is 0.296. The highest BCUT2D eigenvalue weighted by atomic mass is 35.5. The maximum Gasteiger partial charge on any atom is 0.123 e. The molecule has 18 heavy (non-hydrogen) atoms. The van der Waals surface area contributed by atoms with E-state index in [-0.39, 0.29) is 12.4 Å². The second kappa shape index (κ2) is 5.37. The fourth-order valence-electron chi connectivity index (χ4n) is 2.31. The Hall–Kier alpha value is -0.930. The van der Waals surface area contributed by atoms with Gasteiger partial charge in [0.2, 0.25) is 0 Å². The highest BCUT2D eigenvalue weighted by molar-refractivity contribution is 5.85. The smallest absolute Gasteiger partial charge is 0.123 e. The first-order valence-electron chi connectivity index (χ1n) is 6.41. The monoisotopic (exact) mass is 269 g/mol. The van der Waals surface area contributed by atoms with E-state index in [4.69, 9.17) is 4.74 Å². The van der Waals surface area contributed by atoms with Crippen molar-refractivity contribution >= 4 is 12.4 Å². The van der Waals surface area contributed by atoms with Gasteiger partial charge >= 0.3 is 0 Å². The predicted molar refractivity (Wildman–Crippen MR) is 73.8 cm³/mol. The van der Waals surface area contributed by atoms with Gasteiger partial charge in [0, 0.05) is 17.5 Å². The molecule has 2 N–H and O–H groups in total. The highest BCUT2D eigenvalue weighted by Crippen LogP contribution is 2.46. The second-order valence-corrected chi connectivity index (χ2v) is 5.21. The van der Waals surface area contributed by atoms with Crippen molar-refractivity contribution in [2.24, 2.45) is 5.92 Å². The topological polar surface area (TPSA) is 41.5 Å². The van der Waals surface area contributed by atoms with Crippen LogP contribution in [0.3, 0.4) is 0 Å². The van der Waals surface area contributed by atoms with Crippen LogP contribution in [0.25, 0.3) is 0 Å². The molecule has 0 amide bonds. The third-order valence-electron chi connectivity index (χ3n) is 3.73. The average Bonchev–Trinajstić information content (AvgIpc) is 3.21. The normalized spacial score (nSPS) is 25.4. The van der Waals surface area contributed by atoms with E-state index in [0.29, 0.717) is 17.7 Å². The standard InChI is InChI=1S/C14H19NO2.ClH/c1-15-13-7-11(13)12-6-10(16)4-5-14(12)17-8-9-2-3-9;/h4-6,9,11,13,15-16H,2-3,7-8H2,1H3;1H/t11-,13-;/m0./s1. The largest absolute Gasteiger partial charge is 0.508 e. The van der Waals surface area contributed by atoms with Crippen molar-refractivity contribution in [2.75, 3.05) is 13.7 Å². The number of phenolic OH excluding ortho intramolecular Hbond substituents is 1. The van der Waals surface area contributed by atoms with Crippen molar-refractivity contribution in [2.45, 2.75) is 31.2 Å². The van der Waals surface area contributed by atoms with Crippen molar-refractivity contribution < 1.29 is 9.84 Å². The van der Waals surface area contributed by atoms with E-state index in [0.717, 1.165) is 30.3 Å². The Labute approximate surface area is 114 Å². The lowest BCUT2D eigenvalue weighted by Gasteiger charge is -2.11. The predicted octanol–water partition coefficient (Wildman–Crippen LogP) is 2.68. The van der Waals surface area contributed by atoms with Crippen LogP contribution >= 0.6 is 12.4 Å². The van der Waals surface area contributed by atoms with Crippen LogP contribution in [-0.2, 0) is 0 Å². The van der Waals surface area contributed by atoms with Crippen LogP contribution in [0, 0.1) is 5.92 Å². The summed E-state index contributed by atoms with van der Waals surface area (Å²) in [6, 6.07) is 6.00. The lowest BCUT2D eigenvalue weighted by atomic mass is 10.1. The van der Waals surface area contributed by atoms with Gasteiger partial charge in [0.1, 0.15) is 11.5 Å². The Morgan fingerprint density at radius 2 is 2.17 bits per heavy atom. The van der Waals surface area contributed by atoms with Crippen molar-refractivity contribution in [3.05, 3.63) is 23.8 Å². The third kappa shape index (κ3) is 2.90. The molecular weight excluding hydrogens is 250 g/mol. The quantitative estimate of drug-likeness (QED) is 0.864. The van der Waals surface area contributed by atoms with Crippen LogP contribution in [-0.4, -0.2) is 24.8 Å². The van der Waals surface area contributed by atoms with Gasteiger partial charge in [0.15, 0.2) is 0 Å². The molecule has 0 spiro atoms. The average molecular weight is 270 g/mol. The summed E-state index contributed by atoms with van der Waals surface area (Å²) in [4.78, 5) is 0. The molecule has 2 fully saturated rings. The van der Waals surface area contributed by atoms with E-state index in [2.05, 4.69) is 5.32 Å². The molecule has 0 radical (unpaired) electrons. The van der Waals surface area contributed by atoms with Crippen LogP contribution < -0.4 is 10.1 Å². The van der Waals surface area contributed by atoms with Crippen molar-refractivity contribution in [3.8, 4) is 11.5 Å². The van der Waals surface area contributed by atoms with Gasteiger partial charge in [0.25, 0.3) is 0 Å². The maximum absolute atomic E-state index is 9.59. The summed E-state index contributed by atoms with van der Waals surface area (Å²) in [6.07, 6.45) is 3.74. The highest BCUT2D eigenvalue weighted by Gasteiger charge is 2.39. The first kappa shape index (κ1) is 13.5. The number of ether oxygens (including phenoxy) is 1. The Kier molecular flexibility index (Phi) is 4.03. The van der Waals surface area contributed by atoms with E-state index < -0.39 is 0 Å². The van der Waals surface area contributed by atoms with Crippen LogP contribution in [0.15, 0.2) is 18.2 Å². The molecule has 2 atom stereocenters. The number of rotatable bonds is 5. The Balaban J connectivity index is 0.00000120. The molecule has 0 heterocycles. The summed E-state index contributed by atoms with van der Waals surface area (Å²) in [5.74, 6) is 2.55. The fourth-order valence-corrected chi connectivity index (χ4v) is 2.31. The summed E-state index contributed by atoms with van der Waals surface area (Å²) in [5.41, 5.74) is 1.16. The van der Waals surface area contributed by atoms with Crippen molar-refractivity contribution in [3.63, 3.8) is 0 Å². The number of likely N-dealkylation sites (N-methyl/N-ethyl adjacent to an activating group) is 1. The first-order valence-corrected chi connectivity index (χ1v) is 6.41. The molecule has 0 saturated heterocycles. The van der Waals surface area contributed by atoms with E-state index in [9.17, 15) is 5.11 Å². The Morgan fingerprint density at radius 1 is 1.39 bits per heavy atom. The third-order valence-corrected chi connectivity index (χ3v) is 3.73. The Morgan fingerprint density at radius 3 is 2.78 bits per heavy atom. The molecule has 1 aromatic rings. The molecule has 2 aliphatic rings. The van der Waals surface area contributed by atoms with Gasteiger partial charge in [0.05, 0.1) is 6.61 Å². The molecule has 3 rings (SSSR count). The molecular formula is C14H20ClNO2. The molecule has 0 unspecified atom stereocenters. The minimum atomic E-state index is 0. The lowest BCUT2D eigenvalue weighted by Crippen LogP contribution is -2.11. The summed E-state index contributed by atoms with van der Waals surface area (Å²) in [7, 11) is 1.98. The van der Waals surface area contributed by atoms with E-state index in [1.165, 1.54) is 12.8 Å². The molecule has 2 aliphatic carbocycles. The van der Waals surface area contributed by atoms with Gasteiger partial charge in [-0.25, -0.2) is 0 Å². The fraction of sp³-hybridized carbons (Fsp3) is 0.571. The van der Waals surface area contributed by atoms with E-state index in [1.807, 2.05) is 19.2 Å². The number of hydrogen-bond donors (Lipinski definition) is 2. The minimum absolute atomic E-state index is 0. The van der Waals surface area contributed by atoms with Crippen molar-refractivity contribution in [1.82, 2.24) is 5.32 Å². The summed E-state index contributed by atoms with van der Waals surface area (Å²) in [6.45, 7) is 0.828. The van der Waals surface area contributed by atoms with Crippen LogP contribution in [0.5, 0.6) is 11.5 Å². The molecule has 4 heteroatoms. The molecule has 0 aromatic heterocycles. The zero-order valence-electron chi connectivity index (χ0n) is 10.6. The van der Waals surface area contributed by atoms with Crippen LogP contribution in [0.2, 0.25) is 0 Å². The van der Waals surface area contributed by atoms with Gasteiger partial charge in [-0.2, -0.15) is 0 Å². The van der Waals surface area contributed by atoms with Gasteiger partial charge in [-0.1, -0.05) is 0 Å². The maximum atomic E-state index is 9.59. The molecule has 1 aromatic carbocycles. The molecule has 3 nitrogen and oxygen atoms in total. The van der Waals surface area contributed by atoms with Crippen molar-refractivity contribution in [1.29, 1.82) is 0 Å². The number of hydrogen-bond acceptors (Lipinski definition) is 3. The van der Waals surface area contributed by atoms with Crippen LogP contribution in [0.1, 0.15) is 30.7 Å². The number of aromatic hydroxyl groups is 1. The zero-order chi connectivity index (χ0) is 11.8. The van der Waals surface area contributed by atoms with Crippen LogP contribution in [0.4, 0.5) is 0 Å². The molecule has 2 saturated carbocycles. The van der Waals surface area contributed by atoms with Gasteiger partial charge in [-0.05, 0) is 50.4 Å². The number of phenols is 1. The Bertz CT molecular complexity index is 420. The summed E-state index contributed by atoms with van der Waals surface area (Å²) in [5, 5.41) is 12.9. The number of benzene rings is 1. The zero-order valence-corrected chi connectivity index (χ0v) is 11.4. The van der Waals surface area contributed by atoms with Gasteiger partial charge in [-0.3, -0.25) is 0 Å². The summed E-state index contributed by atoms with van der Waals surface area (Å²) < 4.78 is 5.87. The van der Waals surface area contributed by atoms with E-state index >= 15 is 0 Å². The van der Waals surface area contributed by atoms with Gasteiger partial charge < -0.3 is 15.2 Å². The second-order valence-electron chi connectivity index (χ2n) is 5.21. The first-order chi connectivity index (χ1) is 8.28. The van der Waals surface area contributed by atoms with Gasteiger partial charge in [-0.15, -0.1) is 12.4 Å². The molecule has 100 valence electrons. The van der Waals surface area contributed by atoms with E-state index in [1.54, 1.807) is 6.07 Å². The number of nitrogens with one attached hydrogen (secondary N) is 1. The number of halogens is 1.